The van der Waals surface area contributed by atoms with Crippen molar-refractivity contribution in [3.63, 3.8) is 0 Å². The summed E-state index contributed by atoms with van der Waals surface area (Å²) in [5.41, 5.74) is 4.06. The number of benzene rings is 1. The summed E-state index contributed by atoms with van der Waals surface area (Å²) >= 11 is 0. The van der Waals surface area contributed by atoms with Crippen LogP contribution in [0.2, 0.25) is 0 Å². The first-order chi connectivity index (χ1) is 14.6. The van der Waals surface area contributed by atoms with Gasteiger partial charge in [-0.15, -0.1) is 0 Å². The predicted molar refractivity (Wildman–Crippen MR) is 116 cm³/mol. The molecule has 2 aliphatic rings. The van der Waals surface area contributed by atoms with Gasteiger partial charge in [0.1, 0.15) is 0 Å². The normalized spacial score (nSPS) is 16.5. The van der Waals surface area contributed by atoms with E-state index in [-0.39, 0.29) is 11.8 Å². The number of hydrogen-bond donors (Lipinski definition) is 1. The molecule has 0 radical (unpaired) electrons. The SMILES string of the molecule is Cn1nc(CCNC(=O)c2ccccc2)c2c1CCN(C(=O)CCC1CCCC1)C2. The largest absolute Gasteiger partial charge is 0.352 e. The van der Waals surface area contributed by atoms with Gasteiger partial charge in [0, 0.05) is 62.8 Å². The summed E-state index contributed by atoms with van der Waals surface area (Å²) in [6.07, 6.45) is 8.46. The first-order valence-corrected chi connectivity index (χ1v) is 11.3. The third kappa shape index (κ3) is 4.74. The molecule has 1 N–H and O–H groups in total. The van der Waals surface area contributed by atoms with Crippen molar-refractivity contribution in [3.05, 3.63) is 52.8 Å². The molecule has 2 aromatic rings. The molecule has 2 heterocycles. The van der Waals surface area contributed by atoms with Crippen molar-refractivity contribution in [1.29, 1.82) is 0 Å². The zero-order chi connectivity index (χ0) is 20.9. The van der Waals surface area contributed by atoms with Crippen LogP contribution < -0.4 is 5.32 Å². The lowest BCUT2D eigenvalue weighted by atomic mass is 9.99. The van der Waals surface area contributed by atoms with Crippen LogP contribution in [0.1, 0.15) is 65.8 Å². The lowest BCUT2D eigenvalue weighted by molar-refractivity contribution is -0.132. The molecule has 1 aliphatic carbocycles. The van der Waals surface area contributed by atoms with E-state index in [1.807, 2.05) is 47.0 Å². The summed E-state index contributed by atoms with van der Waals surface area (Å²) < 4.78 is 1.95. The van der Waals surface area contributed by atoms with Crippen molar-refractivity contribution in [2.45, 2.75) is 57.9 Å². The minimum atomic E-state index is -0.0656. The van der Waals surface area contributed by atoms with E-state index >= 15 is 0 Å². The van der Waals surface area contributed by atoms with Crippen molar-refractivity contribution in [2.75, 3.05) is 13.1 Å². The average molecular weight is 409 g/mol. The standard InChI is InChI=1S/C24H32N4O2/c1-27-22-14-16-28(23(29)12-11-18-7-5-6-8-18)17-20(22)21(26-27)13-15-25-24(30)19-9-3-2-4-10-19/h2-4,9-10,18H,5-8,11-17H2,1H3,(H,25,30). The summed E-state index contributed by atoms with van der Waals surface area (Å²) in [4.78, 5) is 27.1. The molecule has 0 unspecified atom stereocenters. The quantitative estimate of drug-likeness (QED) is 0.765. The van der Waals surface area contributed by atoms with Crippen LogP contribution in [0.25, 0.3) is 0 Å². The van der Waals surface area contributed by atoms with Gasteiger partial charge in [0.25, 0.3) is 5.91 Å². The van der Waals surface area contributed by atoms with Gasteiger partial charge >= 0.3 is 0 Å². The summed E-state index contributed by atoms with van der Waals surface area (Å²) in [6.45, 7) is 1.96. The Morgan fingerprint density at radius 3 is 2.70 bits per heavy atom. The maximum atomic E-state index is 12.8. The van der Waals surface area contributed by atoms with Gasteiger partial charge in [0.15, 0.2) is 0 Å². The van der Waals surface area contributed by atoms with Crippen LogP contribution in [0.4, 0.5) is 0 Å². The highest BCUT2D eigenvalue weighted by Gasteiger charge is 2.27. The second-order valence-corrected chi connectivity index (χ2v) is 8.62. The Balaban J connectivity index is 1.33. The van der Waals surface area contributed by atoms with E-state index in [9.17, 15) is 9.59 Å². The van der Waals surface area contributed by atoms with E-state index in [1.54, 1.807) is 0 Å². The molecule has 6 heteroatoms. The Morgan fingerprint density at radius 1 is 1.17 bits per heavy atom. The van der Waals surface area contributed by atoms with Crippen LogP contribution in [-0.2, 0) is 31.2 Å². The molecule has 1 aromatic carbocycles. The fraction of sp³-hybridized carbons (Fsp3) is 0.542. The van der Waals surface area contributed by atoms with Gasteiger partial charge in [-0.25, -0.2) is 0 Å². The number of fused-ring (bicyclic) bond motifs is 1. The number of hydrogen-bond acceptors (Lipinski definition) is 3. The lowest BCUT2D eigenvalue weighted by Gasteiger charge is -2.28. The molecule has 0 spiro atoms. The first kappa shape index (κ1) is 20.6. The van der Waals surface area contributed by atoms with E-state index in [1.165, 1.54) is 36.9 Å². The van der Waals surface area contributed by atoms with Gasteiger partial charge < -0.3 is 10.2 Å². The van der Waals surface area contributed by atoms with Gasteiger partial charge in [-0.1, -0.05) is 43.9 Å². The second-order valence-electron chi connectivity index (χ2n) is 8.62. The van der Waals surface area contributed by atoms with Gasteiger partial charge in [-0.3, -0.25) is 14.3 Å². The topological polar surface area (TPSA) is 67.2 Å². The Labute approximate surface area is 178 Å². The van der Waals surface area contributed by atoms with Crippen molar-refractivity contribution >= 4 is 11.8 Å². The van der Waals surface area contributed by atoms with Gasteiger partial charge in [0.2, 0.25) is 5.91 Å². The van der Waals surface area contributed by atoms with Gasteiger partial charge in [-0.2, -0.15) is 5.10 Å². The highest BCUT2D eigenvalue weighted by molar-refractivity contribution is 5.94. The predicted octanol–water partition coefficient (Wildman–Crippen LogP) is 3.25. The summed E-state index contributed by atoms with van der Waals surface area (Å²) in [6, 6.07) is 9.25. The number of nitrogens with zero attached hydrogens (tertiary/aromatic N) is 3. The van der Waals surface area contributed by atoms with Gasteiger partial charge in [0.05, 0.1) is 5.69 Å². The minimum absolute atomic E-state index is 0.0656. The highest BCUT2D eigenvalue weighted by Crippen LogP contribution is 2.29. The van der Waals surface area contributed by atoms with Crippen molar-refractivity contribution in [1.82, 2.24) is 20.0 Å². The molecular formula is C24H32N4O2. The fourth-order valence-corrected chi connectivity index (χ4v) is 4.85. The van der Waals surface area contributed by atoms with Crippen LogP contribution in [0.15, 0.2) is 30.3 Å². The Bertz CT molecular complexity index is 884. The molecule has 2 amide bonds. The molecule has 0 bridgehead atoms. The molecule has 0 saturated heterocycles. The molecule has 1 aliphatic heterocycles. The maximum absolute atomic E-state index is 12.8. The second kappa shape index (κ2) is 9.45. The van der Waals surface area contributed by atoms with Crippen molar-refractivity contribution < 1.29 is 9.59 Å². The zero-order valence-electron chi connectivity index (χ0n) is 17.9. The molecule has 1 saturated carbocycles. The van der Waals surface area contributed by atoms with E-state index in [0.717, 1.165) is 31.0 Å². The first-order valence-electron chi connectivity index (χ1n) is 11.3. The van der Waals surface area contributed by atoms with Crippen LogP contribution in [0, 0.1) is 5.92 Å². The number of carbonyl (C=O) groups excluding carboxylic acids is 2. The third-order valence-corrected chi connectivity index (χ3v) is 6.60. The molecule has 30 heavy (non-hydrogen) atoms. The fourth-order valence-electron chi connectivity index (χ4n) is 4.85. The number of amides is 2. The maximum Gasteiger partial charge on any atom is 0.251 e. The van der Waals surface area contributed by atoms with Crippen molar-refractivity contribution in [3.8, 4) is 0 Å². The van der Waals surface area contributed by atoms with E-state index in [0.29, 0.717) is 31.5 Å². The number of nitrogens with one attached hydrogen (secondary N) is 1. The third-order valence-electron chi connectivity index (χ3n) is 6.60. The van der Waals surface area contributed by atoms with Crippen LogP contribution in [-0.4, -0.2) is 39.6 Å². The number of carbonyl (C=O) groups is 2. The summed E-state index contributed by atoms with van der Waals surface area (Å²) in [5, 5.41) is 7.67. The highest BCUT2D eigenvalue weighted by atomic mass is 16.2. The number of aromatic nitrogens is 2. The van der Waals surface area contributed by atoms with Crippen molar-refractivity contribution in [2.24, 2.45) is 13.0 Å². The molecule has 1 fully saturated rings. The lowest BCUT2D eigenvalue weighted by Crippen LogP contribution is -2.36. The van der Waals surface area contributed by atoms with E-state index in [2.05, 4.69) is 5.32 Å². The van der Waals surface area contributed by atoms with E-state index < -0.39 is 0 Å². The van der Waals surface area contributed by atoms with Crippen LogP contribution >= 0.6 is 0 Å². The Morgan fingerprint density at radius 2 is 1.93 bits per heavy atom. The average Bonchev–Trinajstić information content (AvgIpc) is 3.40. The molecule has 0 atom stereocenters. The smallest absolute Gasteiger partial charge is 0.251 e. The van der Waals surface area contributed by atoms with E-state index in [4.69, 9.17) is 5.10 Å². The van der Waals surface area contributed by atoms with Crippen LogP contribution in [0.3, 0.4) is 0 Å². The Kier molecular flexibility index (Phi) is 6.50. The monoisotopic (exact) mass is 408 g/mol. The summed E-state index contributed by atoms with van der Waals surface area (Å²) in [5.74, 6) is 0.959. The number of rotatable bonds is 7. The molecular weight excluding hydrogens is 376 g/mol. The molecule has 1 aromatic heterocycles. The molecule has 6 nitrogen and oxygen atoms in total. The van der Waals surface area contributed by atoms with Gasteiger partial charge in [-0.05, 0) is 24.5 Å². The summed E-state index contributed by atoms with van der Waals surface area (Å²) in [7, 11) is 1.97. The number of aryl methyl sites for hydroxylation is 1. The zero-order valence-corrected chi connectivity index (χ0v) is 17.9. The molecule has 4 rings (SSSR count). The molecule has 160 valence electrons. The Hall–Kier alpha value is -2.63. The van der Waals surface area contributed by atoms with Crippen LogP contribution in [0.5, 0.6) is 0 Å². The minimum Gasteiger partial charge on any atom is -0.352 e.